The normalized spacial score (nSPS) is 10.8. The van der Waals surface area contributed by atoms with E-state index in [2.05, 4.69) is 96.8 Å². The average Bonchev–Trinajstić information content (AvgIpc) is 2.89. The van der Waals surface area contributed by atoms with Gasteiger partial charge in [0.05, 0.1) is 11.4 Å². The first-order chi connectivity index (χ1) is 15.8. The van der Waals surface area contributed by atoms with Crippen LogP contribution in [0.25, 0.3) is 44.8 Å². The molecule has 0 saturated heterocycles. The van der Waals surface area contributed by atoms with Crippen molar-refractivity contribution in [3.8, 4) is 44.8 Å². The van der Waals surface area contributed by atoms with Crippen LogP contribution in [-0.4, -0.2) is 15.0 Å². The number of hydrogen-bond donors (Lipinski definition) is 0. The maximum atomic E-state index is 4.83. The maximum absolute atomic E-state index is 4.83. The van der Waals surface area contributed by atoms with Crippen molar-refractivity contribution < 1.29 is 0 Å². The highest BCUT2D eigenvalue weighted by molar-refractivity contribution is 5.74. The minimum atomic E-state index is 0.785. The molecule has 32 heavy (non-hydrogen) atoms. The molecule has 0 aliphatic rings. The van der Waals surface area contributed by atoms with Crippen molar-refractivity contribution in [1.29, 1.82) is 0 Å². The maximum Gasteiger partial charge on any atom is 0.129 e. The molecule has 3 aromatic carbocycles. The number of aryl methyl sites for hydroxylation is 1. The fraction of sp³-hybridized carbons (Fsp3) is 0.0690. The molecule has 0 unspecified atom stereocenters. The number of benzene rings is 3. The monoisotopic (exact) mass is 413 g/mol. The molecule has 0 N–H and O–H groups in total. The summed E-state index contributed by atoms with van der Waals surface area (Å²) in [5, 5.41) is 0. The highest BCUT2D eigenvalue weighted by Crippen LogP contribution is 2.29. The Bertz CT molecular complexity index is 1330. The topological polar surface area (TPSA) is 38.7 Å². The second-order valence-corrected chi connectivity index (χ2v) is 7.67. The molecule has 0 fully saturated rings. The highest BCUT2D eigenvalue weighted by Gasteiger charge is 2.10. The summed E-state index contributed by atoms with van der Waals surface area (Å²) in [6, 6.07) is 33.6. The van der Waals surface area contributed by atoms with E-state index in [-0.39, 0.29) is 0 Å². The van der Waals surface area contributed by atoms with Crippen LogP contribution in [0.2, 0.25) is 0 Å². The van der Waals surface area contributed by atoms with Crippen LogP contribution in [0.1, 0.15) is 12.7 Å². The molecule has 5 rings (SSSR count). The van der Waals surface area contributed by atoms with Gasteiger partial charge >= 0.3 is 0 Å². The number of aromatic nitrogens is 3. The lowest BCUT2D eigenvalue weighted by molar-refractivity contribution is 0.947. The predicted octanol–water partition coefficient (Wildman–Crippen LogP) is 7.10. The molecular formula is C29H23N3. The Morgan fingerprint density at radius 3 is 1.88 bits per heavy atom. The highest BCUT2D eigenvalue weighted by atomic mass is 14.9. The molecule has 0 atom stereocenters. The summed E-state index contributed by atoms with van der Waals surface area (Å²) in [4.78, 5) is 13.9. The number of hydrogen-bond acceptors (Lipinski definition) is 3. The molecule has 0 bridgehead atoms. The molecule has 0 aliphatic heterocycles. The molecule has 3 heteroatoms. The van der Waals surface area contributed by atoms with Crippen molar-refractivity contribution in [1.82, 2.24) is 15.0 Å². The van der Waals surface area contributed by atoms with E-state index >= 15 is 0 Å². The van der Waals surface area contributed by atoms with Crippen LogP contribution in [-0.2, 0) is 6.42 Å². The summed E-state index contributed by atoms with van der Waals surface area (Å²) in [6.45, 7) is 2.09. The number of pyridine rings is 1. The predicted molar refractivity (Wildman–Crippen MR) is 131 cm³/mol. The fourth-order valence-electron chi connectivity index (χ4n) is 3.81. The summed E-state index contributed by atoms with van der Waals surface area (Å²) in [5.41, 5.74) is 8.69. The summed E-state index contributed by atoms with van der Waals surface area (Å²) < 4.78 is 0. The molecule has 2 aromatic heterocycles. The van der Waals surface area contributed by atoms with E-state index in [9.17, 15) is 0 Å². The van der Waals surface area contributed by atoms with Gasteiger partial charge in [-0.2, -0.15) is 0 Å². The molecule has 0 amide bonds. The van der Waals surface area contributed by atoms with Gasteiger partial charge in [-0.3, -0.25) is 4.98 Å². The SMILES string of the molecule is CCc1nc(-c2ccc(-c3cccnc3)cc2)cc(-c2cccc(-c3ccccc3)c2)n1. The standard InChI is InChI=1S/C29H23N3/c1-2-29-31-27(23-15-13-22(14-16-23)26-12-7-17-30-20-26)19-28(32-29)25-11-6-10-24(18-25)21-8-4-3-5-9-21/h3-20H,2H2,1H3. The largest absolute Gasteiger partial charge is 0.264 e. The van der Waals surface area contributed by atoms with Gasteiger partial charge in [0, 0.05) is 29.9 Å². The Kier molecular flexibility index (Phi) is 5.54. The van der Waals surface area contributed by atoms with Crippen molar-refractivity contribution >= 4 is 0 Å². The van der Waals surface area contributed by atoms with Crippen LogP contribution < -0.4 is 0 Å². The third-order valence-corrected chi connectivity index (χ3v) is 5.53. The lowest BCUT2D eigenvalue weighted by Crippen LogP contribution is -1.98. The molecule has 3 nitrogen and oxygen atoms in total. The number of nitrogens with zero attached hydrogens (tertiary/aromatic N) is 3. The Labute approximate surface area is 188 Å². The van der Waals surface area contributed by atoms with Crippen LogP contribution in [0.5, 0.6) is 0 Å². The minimum absolute atomic E-state index is 0.785. The van der Waals surface area contributed by atoms with Gasteiger partial charge in [0.15, 0.2) is 0 Å². The molecule has 154 valence electrons. The van der Waals surface area contributed by atoms with E-state index in [1.165, 1.54) is 11.1 Å². The Hall–Kier alpha value is -4.11. The van der Waals surface area contributed by atoms with Crippen molar-refractivity contribution in [2.75, 3.05) is 0 Å². The molecule has 5 aromatic rings. The van der Waals surface area contributed by atoms with Gasteiger partial charge in [-0.1, -0.05) is 85.8 Å². The van der Waals surface area contributed by atoms with Gasteiger partial charge in [-0.05, 0) is 40.5 Å². The third-order valence-electron chi connectivity index (χ3n) is 5.53. The first kappa shape index (κ1) is 19.8. The molecule has 2 heterocycles. The van der Waals surface area contributed by atoms with Crippen LogP contribution in [0.15, 0.2) is 109 Å². The Morgan fingerprint density at radius 2 is 1.16 bits per heavy atom. The van der Waals surface area contributed by atoms with Gasteiger partial charge in [-0.15, -0.1) is 0 Å². The van der Waals surface area contributed by atoms with Gasteiger partial charge in [0.1, 0.15) is 5.82 Å². The van der Waals surface area contributed by atoms with Crippen LogP contribution in [0, 0.1) is 0 Å². The van der Waals surface area contributed by atoms with Crippen molar-refractivity contribution in [2.45, 2.75) is 13.3 Å². The zero-order valence-electron chi connectivity index (χ0n) is 17.9. The van der Waals surface area contributed by atoms with Gasteiger partial charge in [0.2, 0.25) is 0 Å². The molecule has 0 spiro atoms. The minimum Gasteiger partial charge on any atom is -0.264 e. The van der Waals surface area contributed by atoms with Gasteiger partial charge in [0.25, 0.3) is 0 Å². The fourth-order valence-corrected chi connectivity index (χ4v) is 3.81. The molecule has 0 saturated carbocycles. The zero-order chi connectivity index (χ0) is 21.8. The van der Waals surface area contributed by atoms with E-state index < -0.39 is 0 Å². The van der Waals surface area contributed by atoms with E-state index in [1.54, 1.807) is 6.20 Å². The summed E-state index contributed by atoms with van der Waals surface area (Å²) >= 11 is 0. The second kappa shape index (κ2) is 8.94. The molecule has 0 aliphatic carbocycles. The van der Waals surface area contributed by atoms with E-state index in [0.717, 1.165) is 45.9 Å². The summed E-state index contributed by atoms with van der Waals surface area (Å²) in [6.07, 6.45) is 4.46. The summed E-state index contributed by atoms with van der Waals surface area (Å²) in [7, 11) is 0. The van der Waals surface area contributed by atoms with Crippen LogP contribution in [0.3, 0.4) is 0 Å². The van der Waals surface area contributed by atoms with E-state index in [0.29, 0.717) is 0 Å². The quantitative estimate of drug-likeness (QED) is 0.308. The van der Waals surface area contributed by atoms with Crippen LogP contribution >= 0.6 is 0 Å². The Balaban J connectivity index is 1.53. The molecular weight excluding hydrogens is 390 g/mol. The second-order valence-electron chi connectivity index (χ2n) is 7.67. The number of rotatable bonds is 5. The van der Waals surface area contributed by atoms with Crippen molar-refractivity contribution in [3.05, 3.63) is 115 Å². The first-order valence-electron chi connectivity index (χ1n) is 10.8. The van der Waals surface area contributed by atoms with E-state index in [1.807, 2.05) is 18.3 Å². The smallest absolute Gasteiger partial charge is 0.129 e. The Morgan fingerprint density at radius 1 is 0.531 bits per heavy atom. The average molecular weight is 414 g/mol. The van der Waals surface area contributed by atoms with Gasteiger partial charge in [-0.25, -0.2) is 9.97 Å². The first-order valence-corrected chi connectivity index (χ1v) is 10.8. The lowest BCUT2D eigenvalue weighted by Gasteiger charge is -2.10. The van der Waals surface area contributed by atoms with Gasteiger partial charge < -0.3 is 0 Å². The molecule has 0 radical (unpaired) electrons. The lowest BCUT2D eigenvalue weighted by atomic mass is 10.00. The zero-order valence-corrected chi connectivity index (χ0v) is 17.9. The van der Waals surface area contributed by atoms with E-state index in [4.69, 9.17) is 9.97 Å². The van der Waals surface area contributed by atoms with Crippen molar-refractivity contribution in [3.63, 3.8) is 0 Å². The summed E-state index contributed by atoms with van der Waals surface area (Å²) in [5.74, 6) is 0.846. The third kappa shape index (κ3) is 4.19. The van der Waals surface area contributed by atoms with Crippen LogP contribution in [0.4, 0.5) is 0 Å². The van der Waals surface area contributed by atoms with Crippen molar-refractivity contribution in [2.24, 2.45) is 0 Å².